The lowest BCUT2D eigenvalue weighted by Crippen LogP contribution is -2.34. The quantitative estimate of drug-likeness (QED) is 0.929. The van der Waals surface area contributed by atoms with Crippen molar-refractivity contribution in [3.8, 4) is 5.95 Å². The van der Waals surface area contributed by atoms with Crippen LogP contribution in [0.2, 0.25) is 0 Å². The van der Waals surface area contributed by atoms with Gasteiger partial charge in [0.05, 0.1) is 0 Å². The molecule has 0 bridgehead atoms. The second-order valence-corrected chi connectivity index (χ2v) is 5.35. The molecule has 2 aromatic rings. The normalized spacial score (nSPS) is 19.3. The van der Waals surface area contributed by atoms with Gasteiger partial charge in [-0.05, 0) is 25.8 Å². The highest BCUT2D eigenvalue weighted by Gasteiger charge is 2.21. The van der Waals surface area contributed by atoms with Crippen molar-refractivity contribution in [3.63, 3.8) is 0 Å². The van der Waals surface area contributed by atoms with Crippen LogP contribution in [0.5, 0.6) is 0 Å². The van der Waals surface area contributed by atoms with Crippen molar-refractivity contribution in [3.05, 3.63) is 18.5 Å². The van der Waals surface area contributed by atoms with Crippen LogP contribution >= 0.6 is 0 Å². The smallest absolute Gasteiger partial charge is 0.257 e. The van der Waals surface area contributed by atoms with Crippen LogP contribution < -0.4 is 10.2 Å². The summed E-state index contributed by atoms with van der Waals surface area (Å²) in [5, 5.41) is 7.21. The monoisotopic (exact) mass is 287 g/mol. The zero-order valence-electron chi connectivity index (χ0n) is 12.5. The molecule has 7 heteroatoms. The van der Waals surface area contributed by atoms with E-state index in [1.807, 2.05) is 19.3 Å². The molecule has 1 aliphatic rings. The molecule has 1 N–H and O–H groups in total. The molecule has 1 aliphatic heterocycles. The van der Waals surface area contributed by atoms with Gasteiger partial charge in [0.15, 0.2) is 0 Å². The number of nitrogens with zero attached hydrogens (tertiary/aromatic N) is 6. The van der Waals surface area contributed by atoms with E-state index in [0.717, 1.165) is 12.5 Å². The molecule has 1 atom stereocenters. The van der Waals surface area contributed by atoms with Crippen molar-refractivity contribution in [2.45, 2.75) is 38.6 Å². The minimum Gasteiger partial charge on any atom is -0.357 e. The number of anilines is 2. The van der Waals surface area contributed by atoms with Crippen molar-refractivity contribution in [2.24, 2.45) is 0 Å². The lowest BCUT2D eigenvalue weighted by atomic mass is 10.1. The Hall–Kier alpha value is -2.18. The highest BCUT2D eigenvalue weighted by molar-refractivity contribution is 5.40. The second-order valence-electron chi connectivity index (χ2n) is 5.35. The molecule has 0 aromatic carbocycles. The molecule has 0 saturated carbocycles. The largest absolute Gasteiger partial charge is 0.357 e. The number of rotatable bonds is 3. The van der Waals surface area contributed by atoms with Crippen LogP contribution in [0.25, 0.3) is 5.95 Å². The molecule has 1 saturated heterocycles. The van der Waals surface area contributed by atoms with E-state index in [4.69, 9.17) is 0 Å². The first-order valence-corrected chi connectivity index (χ1v) is 7.48. The van der Waals surface area contributed by atoms with E-state index >= 15 is 0 Å². The summed E-state index contributed by atoms with van der Waals surface area (Å²) in [6, 6.07) is 2.31. The van der Waals surface area contributed by atoms with Gasteiger partial charge >= 0.3 is 0 Å². The SMILES string of the molecule is CNc1nc(N2CCCCCC2C)nc(-n2cccn2)n1. The van der Waals surface area contributed by atoms with Crippen LogP contribution in [0.1, 0.15) is 32.6 Å². The molecule has 1 fully saturated rings. The van der Waals surface area contributed by atoms with Crippen LogP contribution in [0.3, 0.4) is 0 Å². The fourth-order valence-corrected chi connectivity index (χ4v) is 2.66. The van der Waals surface area contributed by atoms with Gasteiger partial charge in [-0.1, -0.05) is 12.8 Å². The van der Waals surface area contributed by atoms with Crippen LogP contribution in [0, 0.1) is 0 Å². The molecule has 0 aliphatic carbocycles. The van der Waals surface area contributed by atoms with E-state index in [2.05, 4.69) is 37.2 Å². The lowest BCUT2D eigenvalue weighted by molar-refractivity contribution is 0.602. The molecule has 0 radical (unpaired) electrons. The van der Waals surface area contributed by atoms with Gasteiger partial charge in [0.1, 0.15) is 0 Å². The average Bonchev–Trinajstić information content (AvgIpc) is 2.96. The fraction of sp³-hybridized carbons (Fsp3) is 0.571. The van der Waals surface area contributed by atoms with Crippen molar-refractivity contribution >= 4 is 11.9 Å². The number of aromatic nitrogens is 5. The van der Waals surface area contributed by atoms with Crippen molar-refractivity contribution in [2.75, 3.05) is 23.8 Å². The fourth-order valence-electron chi connectivity index (χ4n) is 2.66. The van der Waals surface area contributed by atoms with E-state index in [1.165, 1.54) is 25.7 Å². The first kappa shape index (κ1) is 13.8. The Labute approximate surface area is 124 Å². The Kier molecular flexibility index (Phi) is 3.98. The Morgan fingerprint density at radius 2 is 2.00 bits per heavy atom. The maximum Gasteiger partial charge on any atom is 0.257 e. The molecule has 2 aromatic heterocycles. The third-order valence-corrected chi connectivity index (χ3v) is 3.85. The summed E-state index contributed by atoms with van der Waals surface area (Å²) in [7, 11) is 1.82. The third-order valence-electron chi connectivity index (χ3n) is 3.85. The molecule has 0 amide bonds. The molecule has 3 heterocycles. The van der Waals surface area contributed by atoms with Gasteiger partial charge in [-0.25, -0.2) is 4.68 Å². The molecular weight excluding hydrogens is 266 g/mol. The summed E-state index contributed by atoms with van der Waals surface area (Å²) in [4.78, 5) is 15.8. The van der Waals surface area contributed by atoms with Gasteiger partial charge in [0, 0.05) is 32.0 Å². The van der Waals surface area contributed by atoms with E-state index in [0.29, 0.717) is 17.9 Å². The summed E-state index contributed by atoms with van der Waals surface area (Å²) < 4.78 is 1.66. The third kappa shape index (κ3) is 2.96. The Bertz CT molecular complexity index is 581. The minimum atomic E-state index is 0.449. The van der Waals surface area contributed by atoms with Gasteiger partial charge in [0.25, 0.3) is 5.95 Å². The lowest BCUT2D eigenvalue weighted by Gasteiger charge is -2.27. The predicted molar refractivity (Wildman–Crippen MR) is 81.8 cm³/mol. The first-order valence-electron chi connectivity index (χ1n) is 7.48. The highest BCUT2D eigenvalue weighted by Crippen LogP contribution is 2.22. The van der Waals surface area contributed by atoms with Gasteiger partial charge < -0.3 is 10.2 Å². The van der Waals surface area contributed by atoms with Crippen LogP contribution in [-0.4, -0.2) is 44.4 Å². The summed E-state index contributed by atoms with van der Waals surface area (Å²) in [6.45, 7) is 3.23. The van der Waals surface area contributed by atoms with Gasteiger partial charge in [-0.2, -0.15) is 20.1 Å². The van der Waals surface area contributed by atoms with E-state index in [9.17, 15) is 0 Å². The van der Waals surface area contributed by atoms with Gasteiger partial charge in [0.2, 0.25) is 11.9 Å². The number of hydrogen-bond donors (Lipinski definition) is 1. The molecular formula is C14H21N7. The van der Waals surface area contributed by atoms with Crippen molar-refractivity contribution < 1.29 is 0 Å². The maximum atomic E-state index is 4.60. The molecule has 7 nitrogen and oxygen atoms in total. The summed E-state index contributed by atoms with van der Waals surface area (Å²) in [5.74, 6) is 1.85. The van der Waals surface area contributed by atoms with Crippen molar-refractivity contribution in [1.82, 2.24) is 24.7 Å². The Morgan fingerprint density at radius 3 is 2.76 bits per heavy atom. The number of nitrogens with one attached hydrogen (secondary N) is 1. The highest BCUT2D eigenvalue weighted by atomic mass is 15.4. The van der Waals surface area contributed by atoms with Crippen LogP contribution in [0.4, 0.5) is 11.9 Å². The molecule has 0 spiro atoms. The van der Waals surface area contributed by atoms with E-state index < -0.39 is 0 Å². The summed E-state index contributed by atoms with van der Waals surface area (Å²) in [5.41, 5.74) is 0. The Balaban J connectivity index is 1.99. The zero-order valence-corrected chi connectivity index (χ0v) is 12.5. The standard InChI is InChI=1S/C14H21N7/c1-11-7-4-3-5-9-20(11)13-17-12(15-2)18-14(19-13)21-10-6-8-16-21/h6,8,10-11H,3-5,7,9H2,1-2H3,(H,15,17,18,19). The average molecular weight is 287 g/mol. The van der Waals surface area contributed by atoms with Gasteiger partial charge in [-0.3, -0.25) is 0 Å². The second kappa shape index (κ2) is 6.07. The zero-order chi connectivity index (χ0) is 14.7. The summed E-state index contributed by atoms with van der Waals surface area (Å²) in [6.07, 6.45) is 8.46. The van der Waals surface area contributed by atoms with Crippen molar-refractivity contribution in [1.29, 1.82) is 0 Å². The first-order chi connectivity index (χ1) is 10.3. The van der Waals surface area contributed by atoms with E-state index in [-0.39, 0.29) is 0 Å². The van der Waals surface area contributed by atoms with Gasteiger partial charge in [-0.15, -0.1) is 0 Å². The molecule has 3 rings (SSSR count). The molecule has 21 heavy (non-hydrogen) atoms. The topological polar surface area (TPSA) is 71.8 Å². The van der Waals surface area contributed by atoms with E-state index in [1.54, 1.807) is 10.9 Å². The number of hydrogen-bond acceptors (Lipinski definition) is 6. The molecule has 112 valence electrons. The minimum absolute atomic E-state index is 0.449. The van der Waals surface area contributed by atoms with Crippen LogP contribution in [-0.2, 0) is 0 Å². The van der Waals surface area contributed by atoms with Crippen LogP contribution in [0.15, 0.2) is 18.5 Å². The Morgan fingerprint density at radius 1 is 1.14 bits per heavy atom. The summed E-state index contributed by atoms with van der Waals surface area (Å²) >= 11 is 0. The maximum absolute atomic E-state index is 4.60. The predicted octanol–water partition coefficient (Wildman–Crippen LogP) is 1.87. The molecule has 1 unspecified atom stereocenters.